The molecular formula is C15H16F2IN3. The molecule has 2 aromatic rings. The number of nitrogens with zero attached hydrogens (tertiary/aromatic N) is 1. The summed E-state index contributed by atoms with van der Waals surface area (Å²) in [5.41, 5.74) is 6.54. The molecule has 112 valence electrons. The number of anilines is 1. The first-order valence-corrected chi connectivity index (χ1v) is 6.21. The topological polar surface area (TPSA) is 50.4 Å². The normalized spacial score (nSPS) is 10.9. The molecule has 0 aliphatic carbocycles. The minimum atomic E-state index is -0.560. The quantitative estimate of drug-likeness (QED) is 0.466. The number of para-hydroxylation sites is 1. The first-order chi connectivity index (χ1) is 9.66. The van der Waals surface area contributed by atoms with Crippen LogP contribution in [0.2, 0.25) is 0 Å². The molecule has 0 amide bonds. The van der Waals surface area contributed by atoms with Crippen molar-refractivity contribution >= 4 is 35.6 Å². The van der Waals surface area contributed by atoms with Crippen LogP contribution in [-0.2, 0) is 6.42 Å². The van der Waals surface area contributed by atoms with Gasteiger partial charge in [-0.05, 0) is 30.7 Å². The monoisotopic (exact) mass is 403 g/mol. The third-order valence-electron chi connectivity index (χ3n) is 2.75. The van der Waals surface area contributed by atoms with Crippen molar-refractivity contribution in [2.75, 3.05) is 11.9 Å². The Morgan fingerprint density at radius 3 is 2.24 bits per heavy atom. The SMILES string of the molecule is I.NC(=NCCc1c(F)cccc1F)Nc1ccccc1. The zero-order valence-electron chi connectivity index (χ0n) is 11.2. The van der Waals surface area contributed by atoms with Gasteiger partial charge < -0.3 is 11.1 Å². The highest BCUT2D eigenvalue weighted by Crippen LogP contribution is 2.12. The van der Waals surface area contributed by atoms with Crippen molar-refractivity contribution in [3.8, 4) is 0 Å². The van der Waals surface area contributed by atoms with E-state index < -0.39 is 11.6 Å². The zero-order chi connectivity index (χ0) is 14.4. The van der Waals surface area contributed by atoms with Gasteiger partial charge >= 0.3 is 0 Å². The van der Waals surface area contributed by atoms with Gasteiger partial charge in [-0.15, -0.1) is 24.0 Å². The number of nitrogens with two attached hydrogens (primary N) is 1. The Hall–Kier alpha value is -1.70. The van der Waals surface area contributed by atoms with Gasteiger partial charge in [0.2, 0.25) is 0 Å². The predicted molar refractivity (Wildman–Crippen MR) is 92.0 cm³/mol. The Morgan fingerprint density at radius 1 is 1.00 bits per heavy atom. The Labute approximate surface area is 139 Å². The molecule has 0 heterocycles. The summed E-state index contributed by atoms with van der Waals surface area (Å²) in [6.07, 6.45) is 0.162. The molecule has 0 spiro atoms. The van der Waals surface area contributed by atoms with Gasteiger partial charge in [-0.25, -0.2) is 8.78 Å². The van der Waals surface area contributed by atoms with E-state index in [2.05, 4.69) is 10.3 Å². The fraction of sp³-hybridized carbons (Fsp3) is 0.133. The highest BCUT2D eigenvalue weighted by molar-refractivity contribution is 14.0. The van der Waals surface area contributed by atoms with Crippen LogP contribution in [0.1, 0.15) is 5.56 Å². The molecule has 0 saturated heterocycles. The molecule has 0 fully saturated rings. The van der Waals surface area contributed by atoms with Crippen LogP contribution in [0.5, 0.6) is 0 Å². The maximum Gasteiger partial charge on any atom is 0.193 e. The van der Waals surface area contributed by atoms with Crippen LogP contribution in [0.3, 0.4) is 0 Å². The summed E-state index contributed by atoms with van der Waals surface area (Å²) in [5.74, 6) is -0.905. The zero-order valence-corrected chi connectivity index (χ0v) is 13.6. The van der Waals surface area contributed by atoms with E-state index in [1.54, 1.807) is 0 Å². The molecule has 0 radical (unpaired) electrons. The van der Waals surface area contributed by atoms with E-state index in [0.717, 1.165) is 5.69 Å². The van der Waals surface area contributed by atoms with Gasteiger partial charge in [-0.1, -0.05) is 24.3 Å². The van der Waals surface area contributed by atoms with Gasteiger partial charge in [0.1, 0.15) is 11.6 Å². The average molecular weight is 403 g/mol. The van der Waals surface area contributed by atoms with Crippen molar-refractivity contribution in [2.45, 2.75) is 6.42 Å². The van der Waals surface area contributed by atoms with Gasteiger partial charge in [0.15, 0.2) is 5.96 Å². The van der Waals surface area contributed by atoms with Crippen LogP contribution in [0.25, 0.3) is 0 Å². The smallest absolute Gasteiger partial charge is 0.193 e. The second-order valence-corrected chi connectivity index (χ2v) is 4.21. The molecule has 3 nitrogen and oxygen atoms in total. The third kappa shape index (κ3) is 5.30. The Bertz CT molecular complexity index is 583. The van der Waals surface area contributed by atoms with Gasteiger partial charge in [-0.2, -0.15) is 0 Å². The number of rotatable bonds is 4. The minimum absolute atomic E-state index is 0. The number of benzene rings is 2. The number of hydrogen-bond acceptors (Lipinski definition) is 1. The maximum atomic E-state index is 13.4. The fourth-order valence-electron chi connectivity index (χ4n) is 1.77. The number of hydrogen-bond donors (Lipinski definition) is 2. The lowest BCUT2D eigenvalue weighted by Gasteiger charge is -2.06. The molecule has 6 heteroatoms. The van der Waals surface area contributed by atoms with E-state index in [1.807, 2.05) is 30.3 Å². The average Bonchev–Trinajstić information content (AvgIpc) is 2.43. The van der Waals surface area contributed by atoms with Crippen LogP contribution in [0, 0.1) is 11.6 Å². The summed E-state index contributed by atoms with van der Waals surface area (Å²) < 4.78 is 26.8. The summed E-state index contributed by atoms with van der Waals surface area (Å²) in [6, 6.07) is 13.1. The first kappa shape index (κ1) is 17.4. The molecular weight excluding hydrogens is 387 g/mol. The molecule has 0 aromatic heterocycles. The highest BCUT2D eigenvalue weighted by Gasteiger charge is 2.07. The Kier molecular flexibility index (Phi) is 7.07. The van der Waals surface area contributed by atoms with Crippen LogP contribution < -0.4 is 11.1 Å². The minimum Gasteiger partial charge on any atom is -0.370 e. The number of guanidine groups is 1. The van der Waals surface area contributed by atoms with E-state index in [0.29, 0.717) is 0 Å². The van der Waals surface area contributed by atoms with Gasteiger partial charge in [0.05, 0.1) is 0 Å². The molecule has 0 bridgehead atoms. The van der Waals surface area contributed by atoms with Crippen molar-refractivity contribution in [3.63, 3.8) is 0 Å². The second-order valence-electron chi connectivity index (χ2n) is 4.21. The molecule has 3 N–H and O–H groups in total. The van der Waals surface area contributed by atoms with E-state index in [-0.39, 0.29) is 48.5 Å². The number of halogens is 3. The summed E-state index contributed by atoms with van der Waals surface area (Å²) in [4.78, 5) is 4.05. The lowest BCUT2D eigenvalue weighted by atomic mass is 10.1. The van der Waals surface area contributed by atoms with Crippen molar-refractivity contribution in [1.29, 1.82) is 0 Å². The first-order valence-electron chi connectivity index (χ1n) is 6.21. The van der Waals surface area contributed by atoms with Crippen LogP contribution >= 0.6 is 24.0 Å². The summed E-state index contributed by atoms with van der Waals surface area (Å²) in [7, 11) is 0. The molecule has 0 unspecified atom stereocenters. The second kappa shape index (κ2) is 8.56. The lowest BCUT2D eigenvalue weighted by molar-refractivity contribution is 0.556. The van der Waals surface area contributed by atoms with Crippen molar-refractivity contribution in [1.82, 2.24) is 0 Å². The summed E-state index contributed by atoms with van der Waals surface area (Å²) >= 11 is 0. The molecule has 0 saturated carbocycles. The Balaban J connectivity index is 0.00000220. The Morgan fingerprint density at radius 2 is 1.62 bits per heavy atom. The highest BCUT2D eigenvalue weighted by atomic mass is 127. The maximum absolute atomic E-state index is 13.4. The number of aliphatic imine (C=N–C) groups is 1. The standard InChI is InChI=1S/C15H15F2N3.HI/c16-13-7-4-8-14(17)12(13)9-10-19-15(18)20-11-5-2-1-3-6-11;/h1-8H,9-10H2,(H3,18,19,20);1H. The van der Waals surface area contributed by atoms with Crippen LogP contribution in [0.4, 0.5) is 14.5 Å². The van der Waals surface area contributed by atoms with Gasteiger partial charge in [-0.3, -0.25) is 4.99 Å². The number of nitrogens with one attached hydrogen (secondary N) is 1. The van der Waals surface area contributed by atoms with Crippen LogP contribution in [-0.4, -0.2) is 12.5 Å². The molecule has 0 atom stereocenters. The van der Waals surface area contributed by atoms with Crippen LogP contribution in [0.15, 0.2) is 53.5 Å². The molecule has 21 heavy (non-hydrogen) atoms. The van der Waals surface area contributed by atoms with E-state index in [9.17, 15) is 8.78 Å². The van der Waals surface area contributed by atoms with Crippen molar-refractivity contribution in [2.24, 2.45) is 10.7 Å². The molecule has 2 aromatic carbocycles. The summed E-state index contributed by atoms with van der Waals surface area (Å²) in [6.45, 7) is 0.212. The van der Waals surface area contributed by atoms with E-state index >= 15 is 0 Å². The van der Waals surface area contributed by atoms with Gasteiger partial charge in [0.25, 0.3) is 0 Å². The van der Waals surface area contributed by atoms with Crippen molar-refractivity contribution in [3.05, 3.63) is 65.7 Å². The molecule has 0 aliphatic rings. The lowest BCUT2D eigenvalue weighted by Crippen LogP contribution is -2.23. The summed E-state index contributed by atoms with van der Waals surface area (Å²) in [5, 5.41) is 2.90. The van der Waals surface area contributed by atoms with E-state index in [1.165, 1.54) is 18.2 Å². The molecule has 0 aliphatic heterocycles. The predicted octanol–water partition coefficient (Wildman–Crippen LogP) is 3.55. The third-order valence-corrected chi connectivity index (χ3v) is 2.75. The van der Waals surface area contributed by atoms with Gasteiger partial charge in [0, 0.05) is 17.8 Å². The fourth-order valence-corrected chi connectivity index (χ4v) is 1.77. The van der Waals surface area contributed by atoms with Crippen molar-refractivity contribution < 1.29 is 8.78 Å². The van der Waals surface area contributed by atoms with E-state index in [4.69, 9.17) is 5.73 Å². The largest absolute Gasteiger partial charge is 0.370 e. The molecule has 2 rings (SSSR count).